The summed E-state index contributed by atoms with van der Waals surface area (Å²) in [5.41, 5.74) is 4.01. The SMILES string of the molecule is Cc1ccc(C(=O)COC(=O)c2ccccc2SCc2csc(C)n2)c(C)c1. The molecule has 1 aromatic heterocycles. The van der Waals surface area contributed by atoms with E-state index in [9.17, 15) is 9.59 Å². The van der Waals surface area contributed by atoms with E-state index < -0.39 is 5.97 Å². The molecule has 144 valence electrons. The van der Waals surface area contributed by atoms with Crippen molar-refractivity contribution >= 4 is 34.9 Å². The molecule has 3 rings (SSSR count). The Morgan fingerprint density at radius 3 is 2.57 bits per heavy atom. The number of carbonyl (C=O) groups excluding carboxylic acids is 2. The van der Waals surface area contributed by atoms with Crippen molar-refractivity contribution in [3.05, 3.63) is 80.8 Å². The Bertz CT molecular complexity index is 1010. The van der Waals surface area contributed by atoms with Gasteiger partial charge >= 0.3 is 5.97 Å². The fourth-order valence-electron chi connectivity index (χ4n) is 2.80. The van der Waals surface area contributed by atoms with Gasteiger partial charge in [-0.2, -0.15) is 0 Å². The zero-order valence-corrected chi connectivity index (χ0v) is 17.7. The number of rotatable bonds is 7. The molecular formula is C22H21NO3S2. The highest BCUT2D eigenvalue weighted by Crippen LogP contribution is 2.27. The van der Waals surface area contributed by atoms with E-state index in [0.29, 0.717) is 16.9 Å². The molecule has 0 fully saturated rings. The lowest BCUT2D eigenvalue weighted by atomic mass is 10.0. The number of nitrogens with zero attached hydrogens (tertiary/aromatic N) is 1. The molecule has 0 aliphatic carbocycles. The van der Waals surface area contributed by atoms with E-state index in [2.05, 4.69) is 4.98 Å². The van der Waals surface area contributed by atoms with Crippen molar-refractivity contribution in [2.75, 3.05) is 6.61 Å². The van der Waals surface area contributed by atoms with Crippen molar-refractivity contribution in [2.24, 2.45) is 0 Å². The minimum absolute atomic E-state index is 0.200. The van der Waals surface area contributed by atoms with Gasteiger partial charge in [-0.15, -0.1) is 23.1 Å². The van der Waals surface area contributed by atoms with Crippen LogP contribution in [0.2, 0.25) is 0 Å². The first-order valence-electron chi connectivity index (χ1n) is 8.84. The molecule has 0 aliphatic heterocycles. The van der Waals surface area contributed by atoms with Gasteiger partial charge in [0.15, 0.2) is 6.61 Å². The van der Waals surface area contributed by atoms with Crippen LogP contribution in [0.15, 0.2) is 52.7 Å². The summed E-state index contributed by atoms with van der Waals surface area (Å²) in [6.45, 7) is 5.56. The summed E-state index contributed by atoms with van der Waals surface area (Å²) < 4.78 is 5.31. The van der Waals surface area contributed by atoms with Gasteiger partial charge in [0.2, 0.25) is 5.78 Å². The van der Waals surface area contributed by atoms with Crippen LogP contribution in [-0.2, 0) is 10.5 Å². The number of aromatic nitrogens is 1. The second kappa shape index (κ2) is 9.17. The standard InChI is InChI=1S/C22H21NO3S2/c1-14-8-9-18(15(2)10-14)20(24)11-26-22(25)19-6-4-5-7-21(19)28-13-17-12-27-16(3)23-17/h4-10,12H,11,13H2,1-3H3. The number of Topliss-reactive ketones (excluding diaryl/α,β-unsaturated/α-hetero) is 1. The molecule has 0 bridgehead atoms. The maximum atomic E-state index is 12.6. The Morgan fingerprint density at radius 1 is 1.07 bits per heavy atom. The van der Waals surface area contributed by atoms with Crippen LogP contribution < -0.4 is 0 Å². The summed E-state index contributed by atoms with van der Waals surface area (Å²) in [7, 11) is 0. The van der Waals surface area contributed by atoms with Crippen LogP contribution in [0, 0.1) is 20.8 Å². The maximum Gasteiger partial charge on any atom is 0.339 e. The highest BCUT2D eigenvalue weighted by Gasteiger charge is 2.16. The number of thiazole rings is 1. The Morgan fingerprint density at radius 2 is 1.86 bits per heavy atom. The number of thioether (sulfide) groups is 1. The Labute approximate surface area is 173 Å². The van der Waals surface area contributed by atoms with Crippen molar-refractivity contribution in [1.82, 2.24) is 4.98 Å². The molecule has 0 amide bonds. The van der Waals surface area contributed by atoms with E-state index in [1.165, 1.54) is 11.8 Å². The number of aryl methyl sites for hydroxylation is 3. The second-order valence-corrected chi connectivity index (χ2v) is 8.54. The molecule has 2 aromatic carbocycles. The van der Waals surface area contributed by atoms with Crippen molar-refractivity contribution in [1.29, 1.82) is 0 Å². The monoisotopic (exact) mass is 411 g/mol. The van der Waals surface area contributed by atoms with Crippen molar-refractivity contribution in [3.8, 4) is 0 Å². The van der Waals surface area contributed by atoms with Gasteiger partial charge in [-0.1, -0.05) is 35.9 Å². The van der Waals surface area contributed by atoms with E-state index in [4.69, 9.17) is 4.74 Å². The predicted molar refractivity (Wildman–Crippen MR) is 113 cm³/mol. The van der Waals surface area contributed by atoms with Gasteiger partial charge in [-0.3, -0.25) is 4.79 Å². The fraction of sp³-hybridized carbons (Fsp3) is 0.227. The summed E-state index contributed by atoms with van der Waals surface area (Å²) >= 11 is 3.14. The van der Waals surface area contributed by atoms with Gasteiger partial charge < -0.3 is 4.74 Å². The quantitative estimate of drug-likeness (QED) is 0.296. The molecule has 0 N–H and O–H groups in total. The average molecular weight is 412 g/mol. The zero-order chi connectivity index (χ0) is 20.1. The van der Waals surface area contributed by atoms with Gasteiger partial charge in [-0.05, 0) is 38.5 Å². The Balaban J connectivity index is 1.64. The highest BCUT2D eigenvalue weighted by molar-refractivity contribution is 7.98. The first kappa shape index (κ1) is 20.3. The summed E-state index contributed by atoms with van der Waals surface area (Å²) in [6, 6.07) is 12.9. The number of carbonyl (C=O) groups is 2. The first-order chi connectivity index (χ1) is 13.4. The van der Waals surface area contributed by atoms with Crippen LogP contribution in [-0.4, -0.2) is 23.3 Å². The Hall–Kier alpha value is -2.44. The van der Waals surface area contributed by atoms with Gasteiger partial charge in [0.25, 0.3) is 0 Å². The van der Waals surface area contributed by atoms with Crippen LogP contribution in [0.1, 0.15) is 42.5 Å². The smallest absolute Gasteiger partial charge is 0.339 e. The number of ether oxygens (including phenoxy) is 1. The molecule has 0 saturated carbocycles. The molecule has 0 spiro atoms. The molecule has 3 aromatic rings. The molecule has 6 heteroatoms. The minimum Gasteiger partial charge on any atom is -0.454 e. The topological polar surface area (TPSA) is 56.3 Å². The summed E-state index contributed by atoms with van der Waals surface area (Å²) in [5.74, 6) is -0.0135. The van der Waals surface area contributed by atoms with E-state index in [1.54, 1.807) is 29.5 Å². The third kappa shape index (κ3) is 5.09. The predicted octanol–water partition coefficient (Wildman–Crippen LogP) is 5.40. The van der Waals surface area contributed by atoms with Crippen LogP contribution in [0.25, 0.3) is 0 Å². The fourth-order valence-corrected chi connectivity index (χ4v) is 4.45. The van der Waals surface area contributed by atoms with Crippen molar-refractivity contribution in [2.45, 2.75) is 31.4 Å². The number of hydrogen-bond acceptors (Lipinski definition) is 6. The number of esters is 1. The summed E-state index contributed by atoms with van der Waals surface area (Å²) in [4.78, 5) is 30.2. The highest BCUT2D eigenvalue weighted by atomic mass is 32.2. The van der Waals surface area contributed by atoms with Crippen LogP contribution >= 0.6 is 23.1 Å². The van der Waals surface area contributed by atoms with Crippen LogP contribution in [0.5, 0.6) is 0 Å². The molecule has 0 saturated heterocycles. The lowest BCUT2D eigenvalue weighted by Gasteiger charge is -2.10. The lowest BCUT2D eigenvalue weighted by Crippen LogP contribution is -2.15. The van der Waals surface area contributed by atoms with Gasteiger partial charge in [0, 0.05) is 21.6 Å². The van der Waals surface area contributed by atoms with E-state index >= 15 is 0 Å². The zero-order valence-electron chi connectivity index (χ0n) is 16.0. The molecular weight excluding hydrogens is 390 g/mol. The molecule has 28 heavy (non-hydrogen) atoms. The van der Waals surface area contributed by atoms with Crippen molar-refractivity contribution < 1.29 is 14.3 Å². The van der Waals surface area contributed by atoms with Crippen molar-refractivity contribution in [3.63, 3.8) is 0 Å². The van der Waals surface area contributed by atoms with Gasteiger partial charge in [0.1, 0.15) is 0 Å². The first-order valence-corrected chi connectivity index (χ1v) is 10.7. The third-order valence-corrected chi connectivity index (χ3v) is 6.10. The molecule has 1 heterocycles. The number of ketones is 1. The largest absolute Gasteiger partial charge is 0.454 e. The molecule has 0 unspecified atom stereocenters. The number of benzene rings is 2. The van der Waals surface area contributed by atoms with Gasteiger partial charge in [-0.25, -0.2) is 9.78 Å². The summed E-state index contributed by atoms with van der Waals surface area (Å²) in [5, 5.41) is 3.04. The normalized spacial score (nSPS) is 10.7. The number of hydrogen-bond donors (Lipinski definition) is 0. The van der Waals surface area contributed by atoms with E-state index in [-0.39, 0.29) is 12.4 Å². The molecule has 0 atom stereocenters. The second-order valence-electron chi connectivity index (χ2n) is 6.46. The minimum atomic E-state index is -0.490. The Kier molecular flexibility index (Phi) is 6.65. The van der Waals surface area contributed by atoms with Crippen LogP contribution in [0.3, 0.4) is 0 Å². The van der Waals surface area contributed by atoms with E-state index in [0.717, 1.165) is 26.7 Å². The van der Waals surface area contributed by atoms with Gasteiger partial charge in [0.05, 0.1) is 16.3 Å². The molecule has 0 radical (unpaired) electrons. The molecule has 4 nitrogen and oxygen atoms in total. The van der Waals surface area contributed by atoms with Crippen LogP contribution in [0.4, 0.5) is 0 Å². The summed E-state index contributed by atoms with van der Waals surface area (Å²) in [6.07, 6.45) is 0. The average Bonchev–Trinajstić information content (AvgIpc) is 3.09. The lowest BCUT2D eigenvalue weighted by molar-refractivity contribution is 0.0471. The maximum absolute atomic E-state index is 12.6. The van der Waals surface area contributed by atoms with E-state index in [1.807, 2.05) is 50.4 Å². The third-order valence-electron chi connectivity index (χ3n) is 4.17. The molecule has 0 aliphatic rings.